The number of halogens is 1. The summed E-state index contributed by atoms with van der Waals surface area (Å²) in [6.45, 7) is 0. The standard InChI is InChI=1S/C16H11ClN4O3S/c17-9-3-4-10-8(6-9)7-11(18-10)14(22)20-21-15(23)13(19-16(21)24)12-2-1-5-25-12/h1-7,18,23H,(H,19,24)(H,20,22). The zero-order valence-electron chi connectivity index (χ0n) is 12.5. The molecule has 4 aromatic rings. The molecule has 0 aliphatic carbocycles. The highest BCUT2D eigenvalue weighted by molar-refractivity contribution is 7.13. The molecule has 1 amide bonds. The third-order valence-electron chi connectivity index (χ3n) is 3.68. The van der Waals surface area contributed by atoms with Crippen LogP contribution in [0.2, 0.25) is 5.02 Å². The van der Waals surface area contributed by atoms with Crippen LogP contribution < -0.4 is 11.1 Å². The summed E-state index contributed by atoms with van der Waals surface area (Å²) in [6, 6.07) is 10.3. The molecule has 0 spiro atoms. The van der Waals surface area contributed by atoms with Crippen molar-refractivity contribution in [3.8, 4) is 16.5 Å². The van der Waals surface area contributed by atoms with Gasteiger partial charge in [-0.2, -0.15) is 4.68 Å². The number of imidazole rings is 1. The fourth-order valence-corrected chi connectivity index (χ4v) is 3.41. The van der Waals surface area contributed by atoms with E-state index in [2.05, 4.69) is 15.4 Å². The van der Waals surface area contributed by atoms with Crippen LogP contribution in [-0.2, 0) is 0 Å². The molecule has 0 saturated heterocycles. The molecule has 25 heavy (non-hydrogen) atoms. The number of rotatable bonds is 3. The topological polar surface area (TPSA) is 103 Å². The molecule has 4 N–H and O–H groups in total. The molecule has 0 saturated carbocycles. The Bertz CT molecular complexity index is 1140. The first kappa shape index (κ1) is 15.6. The molecule has 7 nitrogen and oxygen atoms in total. The van der Waals surface area contributed by atoms with Crippen molar-refractivity contribution in [2.24, 2.45) is 0 Å². The minimum Gasteiger partial charge on any atom is -0.492 e. The van der Waals surface area contributed by atoms with Gasteiger partial charge in [-0.25, -0.2) is 4.79 Å². The molecule has 3 heterocycles. The maximum atomic E-state index is 12.4. The van der Waals surface area contributed by atoms with Crippen LogP contribution in [0, 0.1) is 0 Å². The Kier molecular flexibility index (Phi) is 3.63. The van der Waals surface area contributed by atoms with E-state index in [4.69, 9.17) is 11.6 Å². The number of carbonyl (C=O) groups is 1. The molecule has 1 aromatic carbocycles. The van der Waals surface area contributed by atoms with Crippen molar-refractivity contribution >= 4 is 39.7 Å². The third kappa shape index (κ3) is 2.71. The Labute approximate surface area is 149 Å². The summed E-state index contributed by atoms with van der Waals surface area (Å²) in [5.74, 6) is -0.929. The highest BCUT2D eigenvalue weighted by atomic mass is 35.5. The number of benzene rings is 1. The number of thiophene rings is 1. The van der Waals surface area contributed by atoms with Crippen LogP contribution in [-0.4, -0.2) is 25.7 Å². The number of hydrogen-bond donors (Lipinski definition) is 4. The van der Waals surface area contributed by atoms with E-state index < -0.39 is 11.6 Å². The van der Waals surface area contributed by atoms with Gasteiger partial charge in [0.25, 0.3) is 5.91 Å². The lowest BCUT2D eigenvalue weighted by Gasteiger charge is -2.04. The fraction of sp³-hybridized carbons (Fsp3) is 0. The van der Waals surface area contributed by atoms with Gasteiger partial charge in [0.2, 0.25) is 5.88 Å². The molecule has 0 unspecified atom stereocenters. The van der Waals surface area contributed by atoms with Crippen molar-refractivity contribution in [2.45, 2.75) is 0 Å². The summed E-state index contributed by atoms with van der Waals surface area (Å²) in [5, 5.41) is 13.4. The number of H-pyrrole nitrogens is 2. The smallest absolute Gasteiger partial charge is 0.348 e. The molecule has 126 valence electrons. The molecule has 0 fully saturated rings. The van der Waals surface area contributed by atoms with Gasteiger partial charge in [0.1, 0.15) is 11.4 Å². The number of nitrogens with zero attached hydrogens (tertiary/aromatic N) is 1. The molecule has 0 bridgehead atoms. The second-order valence-electron chi connectivity index (χ2n) is 5.30. The number of nitrogens with one attached hydrogen (secondary N) is 3. The number of aromatic hydroxyl groups is 1. The Hall–Kier alpha value is -2.97. The first-order valence-electron chi connectivity index (χ1n) is 7.20. The van der Waals surface area contributed by atoms with E-state index in [1.54, 1.807) is 36.4 Å². The summed E-state index contributed by atoms with van der Waals surface area (Å²) in [4.78, 5) is 30.6. The second-order valence-corrected chi connectivity index (χ2v) is 6.68. The molecule has 0 atom stereocenters. The highest BCUT2D eigenvalue weighted by Crippen LogP contribution is 2.29. The fourth-order valence-electron chi connectivity index (χ4n) is 2.51. The first-order valence-corrected chi connectivity index (χ1v) is 8.46. The van der Waals surface area contributed by atoms with Crippen molar-refractivity contribution in [1.82, 2.24) is 14.6 Å². The van der Waals surface area contributed by atoms with Gasteiger partial charge in [-0.05, 0) is 35.7 Å². The number of fused-ring (bicyclic) bond motifs is 1. The molecule has 0 radical (unpaired) electrons. The normalized spacial score (nSPS) is 11.1. The maximum absolute atomic E-state index is 12.4. The van der Waals surface area contributed by atoms with E-state index in [1.807, 2.05) is 5.38 Å². The molecule has 4 rings (SSSR count). The van der Waals surface area contributed by atoms with Crippen molar-refractivity contribution in [1.29, 1.82) is 0 Å². The van der Waals surface area contributed by atoms with E-state index >= 15 is 0 Å². The number of aromatic nitrogens is 3. The van der Waals surface area contributed by atoms with E-state index in [0.29, 0.717) is 9.90 Å². The molecule has 9 heteroatoms. The Morgan fingerprint density at radius 2 is 2.08 bits per heavy atom. The SMILES string of the molecule is O=C(Nn1c(O)c(-c2cccs2)[nH]c1=O)c1cc2cc(Cl)ccc2[nH]1. The van der Waals surface area contributed by atoms with Crippen LogP contribution in [0.5, 0.6) is 5.88 Å². The Morgan fingerprint density at radius 3 is 2.84 bits per heavy atom. The van der Waals surface area contributed by atoms with Crippen molar-refractivity contribution in [3.63, 3.8) is 0 Å². The van der Waals surface area contributed by atoms with E-state index in [-0.39, 0.29) is 17.3 Å². The lowest BCUT2D eigenvalue weighted by Crippen LogP contribution is -2.31. The predicted octanol–water partition coefficient (Wildman–Crippen LogP) is 3.13. The van der Waals surface area contributed by atoms with E-state index in [1.165, 1.54) is 11.3 Å². The predicted molar refractivity (Wildman–Crippen MR) is 97.0 cm³/mol. The third-order valence-corrected chi connectivity index (χ3v) is 4.80. The number of carbonyl (C=O) groups excluding carboxylic acids is 1. The van der Waals surface area contributed by atoms with Crippen LogP contribution in [0.25, 0.3) is 21.5 Å². The molecule has 3 aromatic heterocycles. The first-order chi connectivity index (χ1) is 12.0. The van der Waals surface area contributed by atoms with E-state index in [0.717, 1.165) is 15.6 Å². The summed E-state index contributed by atoms with van der Waals surface area (Å²) in [6.07, 6.45) is 0. The lowest BCUT2D eigenvalue weighted by atomic mass is 10.2. The lowest BCUT2D eigenvalue weighted by molar-refractivity contribution is 0.100. The quantitative estimate of drug-likeness (QED) is 0.443. The van der Waals surface area contributed by atoms with Crippen molar-refractivity contribution in [3.05, 3.63) is 63.0 Å². The van der Waals surface area contributed by atoms with Gasteiger partial charge in [0, 0.05) is 15.9 Å². The second kappa shape index (κ2) is 5.83. The molecule has 0 aliphatic rings. The van der Waals surface area contributed by atoms with Crippen LogP contribution >= 0.6 is 22.9 Å². The minimum atomic E-state index is -0.645. The Balaban J connectivity index is 1.67. The molecule has 0 aliphatic heterocycles. The summed E-state index contributed by atoms with van der Waals surface area (Å²) in [7, 11) is 0. The van der Waals surface area contributed by atoms with Crippen molar-refractivity contribution in [2.75, 3.05) is 5.43 Å². The summed E-state index contributed by atoms with van der Waals surface area (Å²) in [5.41, 5.74) is 2.96. The number of hydrogen-bond acceptors (Lipinski definition) is 4. The van der Waals surface area contributed by atoms with Crippen molar-refractivity contribution < 1.29 is 9.90 Å². The van der Waals surface area contributed by atoms with Gasteiger partial charge in [-0.3, -0.25) is 10.2 Å². The van der Waals surface area contributed by atoms with E-state index in [9.17, 15) is 14.7 Å². The zero-order chi connectivity index (χ0) is 17.6. The molecular weight excluding hydrogens is 364 g/mol. The monoisotopic (exact) mass is 374 g/mol. The van der Waals surface area contributed by atoms with Gasteiger partial charge in [-0.15, -0.1) is 11.3 Å². The van der Waals surface area contributed by atoms with Crippen LogP contribution in [0.4, 0.5) is 0 Å². The van der Waals surface area contributed by atoms with Crippen LogP contribution in [0.15, 0.2) is 46.6 Å². The van der Waals surface area contributed by atoms with Gasteiger partial charge in [0.15, 0.2) is 0 Å². The largest absolute Gasteiger partial charge is 0.492 e. The number of aromatic amines is 2. The van der Waals surface area contributed by atoms with Crippen LogP contribution in [0.3, 0.4) is 0 Å². The summed E-state index contributed by atoms with van der Waals surface area (Å²) >= 11 is 7.29. The van der Waals surface area contributed by atoms with Gasteiger partial charge in [-0.1, -0.05) is 17.7 Å². The minimum absolute atomic E-state index is 0.238. The average Bonchev–Trinajstić information content (AvgIpc) is 3.29. The summed E-state index contributed by atoms with van der Waals surface area (Å²) < 4.78 is 0.774. The molecular formula is C16H11ClN4O3S. The average molecular weight is 375 g/mol. The number of amides is 1. The maximum Gasteiger partial charge on any atom is 0.348 e. The van der Waals surface area contributed by atoms with Crippen LogP contribution in [0.1, 0.15) is 10.5 Å². The highest BCUT2D eigenvalue weighted by Gasteiger charge is 2.18. The van der Waals surface area contributed by atoms with Gasteiger partial charge < -0.3 is 15.1 Å². The van der Waals surface area contributed by atoms with Gasteiger partial charge >= 0.3 is 5.69 Å². The van der Waals surface area contributed by atoms with Gasteiger partial charge in [0.05, 0.1) is 4.88 Å². The Morgan fingerprint density at radius 1 is 1.24 bits per heavy atom. The zero-order valence-corrected chi connectivity index (χ0v) is 14.1.